The number of hydrogen-bond donors (Lipinski definition) is 2. The lowest BCUT2D eigenvalue weighted by atomic mass is 10.2. The Bertz CT molecular complexity index is 1250. The fourth-order valence-electron chi connectivity index (χ4n) is 2.70. The van der Waals surface area contributed by atoms with E-state index in [-0.39, 0.29) is 15.8 Å². The van der Waals surface area contributed by atoms with E-state index in [0.29, 0.717) is 17.1 Å². The summed E-state index contributed by atoms with van der Waals surface area (Å²) < 4.78 is 52.5. The number of rotatable bonds is 6. The van der Waals surface area contributed by atoms with Gasteiger partial charge < -0.3 is 0 Å². The molecule has 0 unspecified atom stereocenters. The van der Waals surface area contributed by atoms with E-state index >= 15 is 0 Å². The summed E-state index contributed by atoms with van der Waals surface area (Å²) in [6, 6.07) is 11.8. The molecule has 0 bridgehead atoms. The summed E-state index contributed by atoms with van der Waals surface area (Å²) in [6.45, 7) is 0. The van der Waals surface area contributed by atoms with Crippen molar-refractivity contribution in [2.45, 2.75) is 28.7 Å². The molecule has 3 aromatic rings. The normalized spacial score (nSPS) is 14.8. The van der Waals surface area contributed by atoms with E-state index in [1.54, 1.807) is 28.9 Å². The minimum absolute atomic E-state index is 0.216. The van der Waals surface area contributed by atoms with E-state index in [1.165, 1.54) is 18.2 Å². The predicted molar refractivity (Wildman–Crippen MR) is 100 cm³/mol. The minimum atomic E-state index is -4.02. The number of nitrogens with one attached hydrogen (secondary N) is 1. The highest BCUT2D eigenvalue weighted by Gasteiger charge is 2.28. The summed E-state index contributed by atoms with van der Waals surface area (Å²) in [6.07, 6.45) is 2.01. The zero-order valence-corrected chi connectivity index (χ0v) is 16.1. The van der Waals surface area contributed by atoms with Gasteiger partial charge in [0.05, 0.1) is 15.8 Å². The van der Waals surface area contributed by atoms with Crippen LogP contribution in [0.15, 0.2) is 58.3 Å². The van der Waals surface area contributed by atoms with Gasteiger partial charge in [0.25, 0.3) is 10.0 Å². The second-order valence-electron chi connectivity index (χ2n) is 6.38. The van der Waals surface area contributed by atoms with Crippen molar-refractivity contribution in [2.75, 3.05) is 4.72 Å². The number of nitrogens with zero attached hydrogens (tertiary/aromatic N) is 4. The van der Waals surface area contributed by atoms with Crippen LogP contribution in [-0.4, -0.2) is 37.0 Å². The molecule has 10 nitrogen and oxygen atoms in total. The molecule has 1 heterocycles. The molecule has 2 aromatic carbocycles. The predicted octanol–water partition coefficient (Wildman–Crippen LogP) is 1.12. The first-order valence-electron chi connectivity index (χ1n) is 8.28. The summed E-state index contributed by atoms with van der Waals surface area (Å²) in [5.41, 5.74) is 0.958. The molecule has 3 N–H and O–H groups in total. The highest BCUT2D eigenvalue weighted by atomic mass is 32.2. The lowest BCUT2D eigenvalue weighted by molar-refractivity contribution is 0.597. The van der Waals surface area contributed by atoms with Gasteiger partial charge in [0.15, 0.2) is 5.82 Å². The molecule has 0 amide bonds. The molecule has 28 heavy (non-hydrogen) atoms. The van der Waals surface area contributed by atoms with Gasteiger partial charge in [-0.3, -0.25) is 4.72 Å². The molecule has 12 heteroatoms. The van der Waals surface area contributed by atoms with Crippen LogP contribution in [0.3, 0.4) is 0 Å². The molecular weight excluding hydrogens is 404 g/mol. The van der Waals surface area contributed by atoms with Crippen LogP contribution in [0.4, 0.5) is 5.69 Å². The van der Waals surface area contributed by atoms with Gasteiger partial charge in [0, 0.05) is 11.3 Å². The van der Waals surface area contributed by atoms with Gasteiger partial charge in [0.2, 0.25) is 10.0 Å². The van der Waals surface area contributed by atoms with Crippen LogP contribution >= 0.6 is 0 Å². The topological polar surface area (TPSA) is 150 Å². The van der Waals surface area contributed by atoms with Crippen molar-refractivity contribution in [2.24, 2.45) is 5.14 Å². The largest absolute Gasteiger partial charge is 0.280 e. The SMILES string of the molecule is NS(=O)(=O)c1cccc(S(=O)(=O)Nc2cccc(-c3nnnn3C3CC3)c2)c1. The maximum atomic E-state index is 12.7. The first-order valence-corrected chi connectivity index (χ1v) is 11.3. The summed E-state index contributed by atoms with van der Waals surface area (Å²) in [4.78, 5) is -0.500. The Morgan fingerprint density at radius 3 is 2.43 bits per heavy atom. The van der Waals surface area contributed by atoms with Crippen molar-refractivity contribution in [3.05, 3.63) is 48.5 Å². The van der Waals surface area contributed by atoms with Crippen molar-refractivity contribution in [1.82, 2.24) is 20.2 Å². The Balaban J connectivity index is 1.65. The average Bonchev–Trinajstić information content (AvgIpc) is 3.37. The van der Waals surface area contributed by atoms with E-state index < -0.39 is 20.0 Å². The molecule has 1 aromatic heterocycles. The summed E-state index contributed by atoms with van der Waals surface area (Å²) >= 11 is 0. The van der Waals surface area contributed by atoms with Crippen LogP contribution < -0.4 is 9.86 Å². The number of tetrazole rings is 1. The number of primary sulfonamides is 1. The van der Waals surface area contributed by atoms with Crippen molar-refractivity contribution in [1.29, 1.82) is 0 Å². The second kappa shape index (κ2) is 6.65. The molecule has 0 spiro atoms. The fourth-order valence-corrected chi connectivity index (χ4v) is 4.43. The Hall–Kier alpha value is -2.83. The van der Waals surface area contributed by atoms with Crippen molar-refractivity contribution >= 4 is 25.7 Å². The zero-order valence-electron chi connectivity index (χ0n) is 14.4. The van der Waals surface area contributed by atoms with Crippen molar-refractivity contribution in [3.8, 4) is 11.4 Å². The molecule has 1 aliphatic carbocycles. The van der Waals surface area contributed by atoms with Gasteiger partial charge in [0.1, 0.15) is 0 Å². The fraction of sp³-hybridized carbons (Fsp3) is 0.188. The summed E-state index contributed by atoms with van der Waals surface area (Å²) in [5, 5.41) is 16.8. The first-order chi connectivity index (χ1) is 13.2. The van der Waals surface area contributed by atoms with Crippen LogP contribution in [0.25, 0.3) is 11.4 Å². The number of benzene rings is 2. The quantitative estimate of drug-likeness (QED) is 0.606. The van der Waals surface area contributed by atoms with Gasteiger partial charge in [-0.2, -0.15) is 0 Å². The third-order valence-corrected chi connectivity index (χ3v) is 6.49. The standard InChI is InChI=1S/C16H16N6O4S2/c17-27(23,24)14-5-2-6-15(10-14)28(25,26)19-12-4-1-3-11(9-12)16-18-20-21-22(16)13-7-8-13/h1-6,9-10,13,19H,7-8H2,(H2,17,23,24). The Morgan fingerprint density at radius 2 is 1.71 bits per heavy atom. The average molecular weight is 420 g/mol. The molecule has 146 valence electrons. The molecule has 1 aliphatic rings. The van der Waals surface area contributed by atoms with E-state index in [9.17, 15) is 16.8 Å². The number of aromatic nitrogens is 4. The van der Waals surface area contributed by atoms with Gasteiger partial charge in [-0.15, -0.1) is 5.10 Å². The van der Waals surface area contributed by atoms with Gasteiger partial charge in [-0.05, 0) is 53.6 Å². The Morgan fingerprint density at radius 1 is 1.00 bits per heavy atom. The van der Waals surface area contributed by atoms with Crippen LogP contribution in [0.2, 0.25) is 0 Å². The van der Waals surface area contributed by atoms with Crippen LogP contribution in [0.5, 0.6) is 0 Å². The molecule has 1 saturated carbocycles. The van der Waals surface area contributed by atoms with Gasteiger partial charge in [-0.1, -0.05) is 18.2 Å². The third kappa shape index (κ3) is 3.74. The highest BCUT2D eigenvalue weighted by molar-refractivity contribution is 7.93. The number of sulfonamides is 2. The smallest absolute Gasteiger partial charge is 0.261 e. The van der Waals surface area contributed by atoms with Crippen molar-refractivity contribution < 1.29 is 16.8 Å². The minimum Gasteiger partial charge on any atom is -0.280 e. The first kappa shape index (κ1) is 18.5. The molecular formula is C16H16N6O4S2. The third-order valence-electron chi connectivity index (χ3n) is 4.20. The van der Waals surface area contributed by atoms with E-state index in [4.69, 9.17) is 5.14 Å². The zero-order chi connectivity index (χ0) is 19.9. The molecule has 0 saturated heterocycles. The second-order valence-corrected chi connectivity index (χ2v) is 9.63. The number of nitrogens with two attached hydrogens (primary N) is 1. The van der Waals surface area contributed by atoms with Crippen LogP contribution in [-0.2, 0) is 20.0 Å². The number of hydrogen-bond acceptors (Lipinski definition) is 7. The number of anilines is 1. The Labute approximate surface area is 161 Å². The lowest BCUT2D eigenvalue weighted by Gasteiger charge is -2.10. The van der Waals surface area contributed by atoms with E-state index in [2.05, 4.69) is 20.2 Å². The van der Waals surface area contributed by atoms with Crippen molar-refractivity contribution in [3.63, 3.8) is 0 Å². The molecule has 1 fully saturated rings. The molecule has 0 aliphatic heterocycles. The van der Waals surface area contributed by atoms with Gasteiger partial charge in [-0.25, -0.2) is 26.7 Å². The maximum absolute atomic E-state index is 12.7. The molecule has 4 rings (SSSR count). The lowest BCUT2D eigenvalue weighted by Crippen LogP contribution is -2.16. The van der Waals surface area contributed by atoms with Crippen LogP contribution in [0, 0.1) is 0 Å². The maximum Gasteiger partial charge on any atom is 0.261 e. The Kier molecular flexibility index (Phi) is 4.40. The van der Waals surface area contributed by atoms with Crippen LogP contribution in [0.1, 0.15) is 18.9 Å². The highest BCUT2D eigenvalue weighted by Crippen LogP contribution is 2.36. The molecule has 0 atom stereocenters. The monoisotopic (exact) mass is 420 g/mol. The van der Waals surface area contributed by atoms with E-state index in [0.717, 1.165) is 18.9 Å². The summed E-state index contributed by atoms with van der Waals surface area (Å²) in [7, 11) is -8.04. The van der Waals surface area contributed by atoms with Gasteiger partial charge >= 0.3 is 0 Å². The van der Waals surface area contributed by atoms with E-state index in [1.807, 2.05) is 0 Å². The molecule has 0 radical (unpaired) electrons. The summed E-state index contributed by atoms with van der Waals surface area (Å²) in [5.74, 6) is 0.555.